The monoisotopic (exact) mass is 365 g/mol. The highest BCUT2D eigenvalue weighted by Crippen LogP contribution is 2.36. The van der Waals surface area contributed by atoms with E-state index in [2.05, 4.69) is 15.5 Å². The first-order valence-electron chi connectivity index (χ1n) is 8.73. The van der Waals surface area contributed by atoms with E-state index in [0.717, 1.165) is 22.4 Å². The van der Waals surface area contributed by atoms with Gasteiger partial charge in [0.05, 0.1) is 14.2 Å². The van der Waals surface area contributed by atoms with Crippen molar-refractivity contribution in [1.82, 2.24) is 10.2 Å². The van der Waals surface area contributed by atoms with E-state index in [0.29, 0.717) is 30.2 Å². The van der Waals surface area contributed by atoms with Crippen molar-refractivity contribution >= 4 is 11.7 Å². The maximum atomic E-state index is 12.4. The molecule has 3 rings (SSSR count). The van der Waals surface area contributed by atoms with Crippen molar-refractivity contribution in [1.29, 1.82) is 0 Å². The summed E-state index contributed by atoms with van der Waals surface area (Å²) in [5, 5.41) is 10.1. The van der Waals surface area contributed by atoms with Crippen LogP contribution in [0.25, 0.3) is 11.1 Å². The minimum Gasteiger partial charge on any atom is -0.493 e. The fourth-order valence-corrected chi connectivity index (χ4v) is 2.96. The number of nitrogens with zero attached hydrogens (tertiary/aromatic N) is 1. The molecule has 0 bridgehead atoms. The molecule has 1 amide bonds. The van der Waals surface area contributed by atoms with Crippen LogP contribution in [0.5, 0.6) is 11.5 Å². The van der Waals surface area contributed by atoms with E-state index in [4.69, 9.17) is 9.47 Å². The number of aromatic nitrogens is 2. The van der Waals surface area contributed by atoms with Crippen molar-refractivity contribution in [3.8, 4) is 22.6 Å². The number of amides is 1. The number of hydrogen-bond donors (Lipinski definition) is 2. The normalized spacial score (nSPS) is 10.5. The van der Waals surface area contributed by atoms with E-state index in [1.54, 1.807) is 14.2 Å². The minimum atomic E-state index is -0.0768. The van der Waals surface area contributed by atoms with Crippen molar-refractivity contribution in [2.24, 2.45) is 0 Å². The van der Waals surface area contributed by atoms with Gasteiger partial charge < -0.3 is 14.8 Å². The molecule has 0 aliphatic carbocycles. The molecule has 0 saturated heterocycles. The number of ether oxygens (including phenoxy) is 2. The summed E-state index contributed by atoms with van der Waals surface area (Å²) in [6.07, 6.45) is 1.07. The van der Waals surface area contributed by atoms with Gasteiger partial charge in [-0.05, 0) is 36.6 Å². The summed E-state index contributed by atoms with van der Waals surface area (Å²) in [7, 11) is 3.19. The lowest BCUT2D eigenvalue weighted by atomic mass is 10.0. The number of nitrogens with one attached hydrogen (secondary N) is 2. The molecule has 140 valence electrons. The molecule has 0 aliphatic heterocycles. The minimum absolute atomic E-state index is 0.0768. The van der Waals surface area contributed by atoms with Crippen molar-refractivity contribution in [2.45, 2.75) is 19.8 Å². The molecule has 27 heavy (non-hydrogen) atoms. The molecule has 2 N–H and O–H groups in total. The standard InChI is InChI=1S/C21H23N3O3/c1-14-20(16-10-11-17(26-2)18(13-16)27-3)21(24-23-14)22-19(25)12-9-15-7-5-4-6-8-15/h4-8,10-11,13H,9,12H2,1-3H3,(H2,22,23,24,25). The predicted octanol–water partition coefficient (Wildman–Crippen LogP) is 3.97. The van der Waals surface area contributed by atoms with E-state index in [9.17, 15) is 4.79 Å². The van der Waals surface area contributed by atoms with Gasteiger partial charge in [0.15, 0.2) is 17.3 Å². The molecule has 0 saturated carbocycles. The molecule has 0 spiro atoms. The lowest BCUT2D eigenvalue weighted by Gasteiger charge is -2.11. The summed E-state index contributed by atoms with van der Waals surface area (Å²) in [6, 6.07) is 15.6. The Labute approximate surface area is 158 Å². The number of H-pyrrole nitrogens is 1. The summed E-state index contributed by atoms with van der Waals surface area (Å²) in [5.74, 6) is 1.71. The third-order valence-corrected chi connectivity index (χ3v) is 4.36. The number of benzene rings is 2. The first-order valence-corrected chi connectivity index (χ1v) is 8.73. The lowest BCUT2D eigenvalue weighted by Crippen LogP contribution is -2.13. The summed E-state index contributed by atoms with van der Waals surface area (Å²) < 4.78 is 10.7. The number of aromatic amines is 1. The van der Waals surface area contributed by atoms with Crippen LogP contribution in [0.2, 0.25) is 0 Å². The fourth-order valence-electron chi connectivity index (χ4n) is 2.96. The Morgan fingerprint density at radius 1 is 1.07 bits per heavy atom. The highest BCUT2D eigenvalue weighted by atomic mass is 16.5. The number of methoxy groups -OCH3 is 2. The van der Waals surface area contributed by atoms with Gasteiger partial charge in [-0.15, -0.1) is 0 Å². The van der Waals surface area contributed by atoms with Crippen LogP contribution in [0.15, 0.2) is 48.5 Å². The average Bonchev–Trinajstić information content (AvgIpc) is 3.06. The Morgan fingerprint density at radius 2 is 1.81 bits per heavy atom. The lowest BCUT2D eigenvalue weighted by molar-refractivity contribution is -0.116. The van der Waals surface area contributed by atoms with Gasteiger partial charge in [-0.2, -0.15) is 5.10 Å². The SMILES string of the molecule is COc1ccc(-c2c(NC(=O)CCc3ccccc3)n[nH]c2C)cc1OC. The van der Waals surface area contributed by atoms with Crippen LogP contribution in [0, 0.1) is 6.92 Å². The Balaban J connectivity index is 1.77. The Hall–Kier alpha value is -3.28. The third kappa shape index (κ3) is 4.28. The molecule has 0 aliphatic rings. The van der Waals surface area contributed by atoms with Crippen molar-refractivity contribution in [2.75, 3.05) is 19.5 Å². The summed E-state index contributed by atoms with van der Waals surface area (Å²) in [6.45, 7) is 1.92. The van der Waals surface area contributed by atoms with E-state index in [1.807, 2.05) is 55.5 Å². The Kier molecular flexibility index (Phi) is 5.76. The van der Waals surface area contributed by atoms with Gasteiger partial charge in [0.25, 0.3) is 0 Å². The molecule has 1 aromatic heterocycles. The van der Waals surface area contributed by atoms with Crippen LogP contribution in [0.1, 0.15) is 17.7 Å². The van der Waals surface area contributed by atoms with Crippen LogP contribution >= 0.6 is 0 Å². The zero-order valence-corrected chi connectivity index (χ0v) is 15.7. The number of carbonyl (C=O) groups excluding carboxylic acids is 1. The quantitative estimate of drug-likeness (QED) is 0.664. The number of aryl methyl sites for hydroxylation is 2. The predicted molar refractivity (Wildman–Crippen MR) is 105 cm³/mol. The molecule has 3 aromatic rings. The van der Waals surface area contributed by atoms with Gasteiger partial charge in [0.2, 0.25) is 5.91 Å². The molecule has 0 radical (unpaired) electrons. The van der Waals surface area contributed by atoms with Crippen LogP contribution < -0.4 is 14.8 Å². The van der Waals surface area contributed by atoms with Gasteiger partial charge >= 0.3 is 0 Å². The van der Waals surface area contributed by atoms with Gasteiger partial charge in [0, 0.05) is 17.7 Å². The summed E-state index contributed by atoms with van der Waals surface area (Å²) in [4.78, 5) is 12.4. The second-order valence-corrected chi connectivity index (χ2v) is 6.18. The molecule has 6 heteroatoms. The van der Waals surface area contributed by atoms with Crippen LogP contribution in [-0.4, -0.2) is 30.3 Å². The summed E-state index contributed by atoms with van der Waals surface area (Å²) >= 11 is 0. The number of rotatable bonds is 7. The first kappa shape index (κ1) is 18.5. The van der Waals surface area contributed by atoms with Gasteiger partial charge in [-0.25, -0.2) is 0 Å². The van der Waals surface area contributed by atoms with E-state index < -0.39 is 0 Å². The second kappa shape index (κ2) is 8.40. The largest absolute Gasteiger partial charge is 0.493 e. The smallest absolute Gasteiger partial charge is 0.225 e. The molecular weight excluding hydrogens is 342 g/mol. The second-order valence-electron chi connectivity index (χ2n) is 6.18. The molecule has 6 nitrogen and oxygen atoms in total. The molecule has 2 aromatic carbocycles. The van der Waals surface area contributed by atoms with Gasteiger partial charge in [0.1, 0.15) is 0 Å². The fraction of sp³-hybridized carbons (Fsp3) is 0.238. The van der Waals surface area contributed by atoms with E-state index >= 15 is 0 Å². The van der Waals surface area contributed by atoms with E-state index in [1.165, 1.54) is 0 Å². The van der Waals surface area contributed by atoms with Crippen LogP contribution in [-0.2, 0) is 11.2 Å². The number of carbonyl (C=O) groups is 1. The average molecular weight is 365 g/mol. The topological polar surface area (TPSA) is 76.2 Å². The zero-order valence-electron chi connectivity index (χ0n) is 15.7. The van der Waals surface area contributed by atoms with Crippen molar-refractivity contribution in [3.63, 3.8) is 0 Å². The molecule has 1 heterocycles. The maximum Gasteiger partial charge on any atom is 0.225 e. The number of anilines is 1. The Morgan fingerprint density at radius 3 is 2.52 bits per heavy atom. The van der Waals surface area contributed by atoms with E-state index in [-0.39, 0.29) is 5.91 Å². The summed E-state index contributed by atoms with van der Waals surface area (Å²) in [5.41, 5.74) is 3.72. The molecule has 0 atom stereocenters. The van der Waals surface area contributed by atoms with Crippen LogP contribution in [0.3, 0.4) is 0 Å². The molecular formula is C21H23N3O3. The van der Waals surface area contributed by atoms with Crippen molar-refractivity contribution in [3.05, 3.63) is 59.8 Å². The zero-order chi connectivity index (χ0) is 19.2. The third-order valence-electron chi connectivity index (χ3n) is 4.36. The van der Waals surface area contributed by atoms with Gasteiger partial charge in [-0.1, -0.05) is 36.4 Å². The molecule has 0 fully saturated rings. The van der Waals surface area contributed by atoms with Crippen molar-refractivity contribution < 1.29 is 14.3 Å². The Bertz CT molecular complexity index is 920. The highest BCUT2D eigenvalue weighted by Gasteiger charge is 2.17. The van der Waals surface area contributed by atoms with Gasteiger partial charge in [-0.3, -0.25) is 9.89 Å². The highest BCUT2D eigenvalue weighted by molar-refractivity contribution is 5.94. The van der Waals surface area contributed by atoms with Crippen LogP contribution in [0.4, 0.5) is 5.82 Å². The maximum absolute atomic E-state index is 12.4. The molecule has 0 unspecified atom stereocenters. The first-order chi connectivity index (χ1) is 13.1. The number of hydrogen-bond acceptors (Lipinski definition) is 4.